The molecule has 2 heterocycles. The largest absolute Gasteiger partial charge is 0.363 e. The minimum Gasteiger partial charge on any atom is -0.363 e. The van der Waals surface area contributed by atoms with E-state index in [1.807, 2.05) is 0 Å². The van der Waals surface area contributed by atoms with E-state index in [-0.39, 0.29) is 5.91 Å². The second-order valence-corrected chi connectivity index (χ2v) is 3.47. The maximum Gasteiger partial charge on any atom is 0.276 e. The molecule has 0 fully saturated rings. The Hall–Kier alpha value is -1.70. The first-order valence-corrected chi connectivity index (χ1v) is 4.73. The highest BCUT2D eigenvalue weighted by molar-refractivity contribution is 9.10. The van der Waals surface area contributed by atoms with E-state index >= 15 is 0 Å². The highest BCUT2D eigenvalue weighted by Crippen LogP contribution is 2.14. The standard InChI is InChI=1S/C7H6BrN5O2/c1-13-5(6(8)11-12-13)7(14)10-4-2-9-15-3-4/h2-3H,1H3,(H,10,14). The number of nitrogens with one attached hydrogen (secondary N) is 1. The molecule has 0 aromatic carbocycles. The summed E-state index contributed by atoms with van der Waals surface area (Å²) >= 11 is 3.13. The molecule has 15 heavy (non-hydrogen) atoms. The topological polar surface area (TPSA) is 85.8 Å². The number of halogens is 1. The Morgan fingerprint density at radius 3 is 3.00 bits per heavy atom. The van der Waals surface area contributed by atoms with Crippen molar-refractivity contribution < 1.29 is 9.32 Å². The van der Waals surface area contributed by atoms with Gasteiger partial charge in [0.05, 0.1) is 6.20 Å². The van der Waals surface area contributed by atoms with Gasteiger partial charge in [-0.1, -0.05) is 10.4 Å². The fourth-order valence-electron chi connectivity index (χ4n) is 1.03. The number of anilines is 1. The third-order valence-corrected chi connectivity index (χ3v) is 2.23. The van der Waals surface area contributed by atoms with Gasteiger partial charge in [0.15, 0.2) is 10.3 Å². The fraction of sp³-hybridized carbons (Fsp3) is 0.143. The van der Waals surface area contributed by atoms with E-state index in [1.54, 1.807) is 7.05 Å². The third-order valence-electron chi connectivity index (χ3n) is 1.69. The number of aryl methyl sites for hydroxylation is 1. The molecule has 8 heteroatoms. The zero-order chi connectivity index (χ0) is 10.8. The predicted octanol–water partition coefficient (Wildman–Crippen LogP) is 0.818. The molecular formula is C7H6BrN5O2. The second-order valence-electron chi connectivity index (χ2n) is 2.72. The molecular weight excluding hydrogens is 266 g/mol. The van der Waals surface area contributed by atoms with Crippen molar-refractivity contribution in [1.29, 1.82) is 0 Å². The quantitative estimate of drug-likeness (QED) is 0.874. The monoisotopic (exact) mass is 271 g/mol. The first-order valence-electron chi connectivity index (χ1n) is 3.94. The molecule has 0 aliphatic rings. The molecule has 0 saturated heterocycles. The molecule has 0 saturated carbocycles. The summed E-state index contributed by atoms with van der Waals surface area (Å²) < 4.78 is 6.33. The van der Waals surface area contributed by atoms with Gasteiger partial charge in [0.25, 0.3) is 5.91 Å². The van der Waals surface area contributed by atoms with Crippen molar-refractivity contribution in [2.75, 3.05) is 5.32 Å². The number of amides is 1. The number of hydrogen-bond donors (Lipinski definition) is 1. The Morgan fingerprint density at radius 1 is 1.67 bits per heavy atom. The van der Waals surface area contributed by atoms with Gasteiger partial charge in [-0.2, -0.15) is 0 Å². The van der Waals surface area contributed by atoms with Crippen molar-refractivity contribution in [3.8, 4) is 0 Å². The van der Waals surface area contributed by atoms with Crippen molar-refractivity contribution in [3.63, 3.8) is 0 Å². The van der Waals surface area contributed by atoms with Crippen LogP contribution >= 0.6 is 15.9 Å². The van der Waals surface area contributed by atoms with Crippen LogP contribution in [0.25, 0.3) is 0 Å². The van der Waals surface area contributed by atoms with Crippen LogP contribution in [0.3, 0.4) is 0 Å². The number of hydrogen-bond acceptors (Lipinski definition) is 5. The summed E-state index contributed by atoms with van der Waals surface area (Å²) in [6, 6.07) is 0. The zero-order valence-corrected chi connectivity index (χ0v) is 9.22. The molecule has 0 bridgehead atoms. The van der Waals surface area contributed by atoms with Crippen LogP contribution in [-0.4, -0.2) is 26.1 Å². The lowest BCUT2D eigenvalue weighted by molar-refractivity contribution is 0.101. The molecule has 0 atom stereocenters. The van der Waals surface area contributed by atoms with E-state index in [2.05, 4.69) is 41.2 Å². The van der Waals surface area contributed by atoms with Crippen LogP contribution in [0.1, 0.15) is 10.5 Å². The van der Waals surface area contributed by atoms with Crippen LogP contribution in [0.15, 0.2) is 21.6 Å². The van der Waals surface area contributed by atoms with Crippen molar-refractivity contribution in [2.45, 2.75) is 0 Å². The van der Waals surface area contributed by atoms with E-state index < -0.39 is 0 Å². The summed E-state index contributed by atoms with van der Waals surface area (Å²) in [5.41, 5.74) is 0.810. The van der Waals surface area contributed by atoms with E-state index in [0.29, 0.717) is 16.0 Å². The Balaban J connectivity index is 2.22. The molecule has 7 nitrogen and oxygen atoms in total. The summed E-state index contributed by atoms with van der Waals surface area (Å²) in [4.78, 5) is 11.7. The van der Waals surface area contributed by atoms with Crippen LogP contribution < -0.4 is 5.32 Å². The minimum atomic E-state index is -0.336. The van der Waals surface area contributed by atoms with Crippen molar-refractivity contribution >= 4 is 27.5 Å². The lowest BCUT2D eigenvalue weighted by atomic mass is 10.4. The van der Waals surface area contributed by atoms with Gasteiger partial charge in [0.1, 0.15) is 12.0 Å². The first-order chi connectivity index (χ1) is 7.18. The summed E-state index contributed by atoms with van der Waals surface area (Å²) in [7, 11) is 1.63. The molecule has 0 spiro atoms. The van der Waals surface area contributed by atoms with Crippen molar-refractivity contribution in [3.05, 3.63) is 22.8 Å². The molecule has 2 aromatic rings. The Kier molecular flexibility index (Phi) is 2.50. The van der Waals surface area contributed by atoms with E-state index in [9.17, 15) is 4.79 Å². The van der Waals surface area contributed by atoms with Crippen LogP contribution in [0, 0.1) is 0 Å². The summed E-state index contributed by atoms with van der Waals surface area (Å²) in [5, 5.41) is 13.4. The molecule has 0 aliphatic heterocycles. The maximum atomic E-state index is 11.7. The smallest absolute Gasteiger partial charge is 0.276 e. The Morgan fingerprint density at radius 2 is 2.47 bits per heavy atom. The number of rotatable bonds is 2. The molecule has 1 amide bonds. The van der Waals surface area contributed by atoms with E-state index in [0.717, 1.165) is 0 Å². The van der Waals surface area contributed by atoms with Gasteiger partial charge in [0, 0.05) is 7.05 Å². The number of aromatic nitrogens is 4. The van der Waals surface area contributed by atoms with E-state index in [4.69, 9.17) is 0 Å². The van der Waals surface area contributed by atoms with Gasteiger partial charge in [-0.05, 0) is 15.9 Å². The number of carbonyl (C=O) groups is 1. The molecule has 0 aliphatic carbocycles. The summed E-state index contributed by atoms with van der Waals surface area (Å²) in [6.45, 7) is 0. The van der Waals surface area contributed by atoms with Gasteiger partial charge in [-0.3, -0.25) is 4.79 Å². The van der Waals surface area contributed by atoms with Crippen LogP contribution in [0.4, 0.5) is 5.69 Å². The number of carbonyl (C=O) groups excluding carboxylic acids is 1. The molecule has 2 rings (SSSR count). The van der Waals surface area contributed by atoms with Gasteiger partial charge in [-0.15, -0.1) is 5.10 Å². The van der Waals surface area contributed by atoms with Crippen LogP contribution in [0.5, 0.6) is 0 Å². The normalized spacial score (nSPS) is 10.3. The molecule has 0 radical (unpaired) electrons. The highest BCUT2D eigenvalue weighted by atomic mass is 79.9. The Bertz CT molecular complexity index is 458. The molecule has 0 unspecified atom stereocenters. The van der Waals surface area contributed by atoms with Crippen LogP contribution in [0.2, 0.25) is 0 Å². The molecule has 2 aromatic heterocycles. The number of nitrogens with zero attached hydrogens (tertiary/aromatic N) is 4. The van der Waals surface area contributed by atoms with Gasteiger partial charge < -0.3 is 9.84 Å². The van der Waals surface area contributed by atoms with E-state index in [1.165, 1.54) is 17.1 Å². The van der Waals surface area contributed by atoms with Crippen molar-refractivity contribution in [2.24, 2.45) is 7.05 Å². The summed E-state index contributed by atoms with van der Waals surface area (Å²) in [6.07, 6.45) is 2.73. The average Bonchev–Trinajstić information content (AvgIpc) is 2.77. The molecule has 78 valence electrons. The van der Waals surface area contributed by atoms with Crippen LogP contribution in [-0.2, 0) is 7.05 Å². The maximum absolute atomic E-state index is 11.7. The lowest BCUT2D eigenvalue weighted by Crippen LogP contribution is -2.16. The summed E-state index contributed by atoms with van der Waals surface area (Å²) in [5.74, 6) is -0.336. The average molecular weight is 272 g/mol. The third kappa shape index (κ3) is 1.89. The first kappa shape index (κ1) is 9.84. The van der Waals surface area contributed by atoms with Gasteiger partial charge in [0.2, 0.25) is 0 Å². The van der Waals surface area contributed by atoms with Gasteiger partial charge in [-0.25, -0.2) is 4.68 Å². The lowest BCUT2D eigenvalue weighted by Gasteiger charge is -2.00. The predicted molar refractivity (Wildman–Crippen MR) is 53.2 cm³/mol. The Labute approximate surface area is 92.6 Å². The van der Waals surface area contributed by atoms with Crippen molar-refractivity contribution in [1.82, 2.24) is 20.2 Å². The fourth-order valence-corrected chi connectivity index (χ4v) is 1.54. The molecule has 1 N–H and O–H groups in total. The highest BCUT2D eigenvalue weighted by Gasteiger charge is 2.17. The minimum absolute atomic E-state index is 0.330. The zero-order valence-electron chi connectivity index (χ0n) is 7.64. The SMILES string of the molecule is Cn1nnc(Br)c1C(=O)Nc1cnoc1. The van der Waals surface area contributed by atoms with Gasteiger partial charge >= 0.3 is 0 Å². The second kappa shape index (κ2) is 3.81.